The van der Waals surface area contributed by atoms with E-state index in [2.05, 4.69) is 46.1 Å². The molecule has 154 valence electrons. The van der Waals surface area contributed by atoms with E-state index < -0.39 is 0 Å². The molecule has 0 spiro atoms. The van der Waals surface area contributed by atoms with Crippen molar-refractivity contribution in [3.05, 3.63) is 34.6 Å². The van der Waals surface area contributed by atoms with Crippen LogP contribution in [0.5, 0.6) is 0 Å². The highest BCUT2D eigenvalue weighted by atomic mass is 32.1. The Kier molecular flexibility index (Phi) is 5.65. The number of hydrogen-bond acceptors (Lipinski definition) is 6. The average molecular weight is 413 g/mol. The minimum Gasteiger partial charge on any atom is -0.298 e. The largest absolute Gasteiger partial charge is 0.298 e. The van der Waals surface area contributed by atoms with E-state index in [9.17, 15) is 4.79 Å². The highest BCUT2D eigenvalue weighted by Gasteiger charge is 2.19. The van der Waals surface area contributed by atoms with Gasteiger partial charge in [0, 0.05) is 29.9 Å². The highest BCUT2D eigenvalue weighted by Crippen LogP contribution is 2.23. The van der Waals surface area contributed by atoms with E-state index in [0.717, 1.165) is 42.3 Å². The third kappa shape index (κ3) is 4.33. The van der Waals surface area contributed by atoms with E-state index in [1.807, 2.05) is 23.1 Å². The molecule has 4 heterocycles. The van der Waals surface area contributed by atoms with Crippen LogP contribution in [0.15, 0.2) is 17.6 Å². The first-order valence-electron chi connectivity index (χ1n) is 10.2. The molecule has 1 fully saturated rings. The molecule has 7 nitrogen and oxygen atoms in total. The van der Waals surface area contributed by atoms with Gasteiger partial charge in [-0.05, 0) is 52.1 Å². The standard InChI is InChI=1S/C21H28N6OS/c1-13(2)27-19-16(9-22-27)8-18(15(4)23-19)20(28)25-21-24-17(12-29-21)11-26-7-5-6-14(3)10-26/h8-9,12-14H,5-7,10-11H2,1-4H3,(H,24,25,28)/t14-/m0/s1. The Bertz CT molecular complexity index is 1020. The van der Waals surface area contributed by atoms with E-state index in [1.54, 1.807) is 6.20 Å². The maximum atomic E-state index is 12.8. The monoisotopic (exact) mass is 412 g/mol. The summed E-state index contributed by atoms with van der Waals surface area (Å²) in [4.78, 5) is 24.5. The van der Waals surface area contributed by atoms with Crippen LogP contribution in [-0.4, -0.2) is 43.6 Å². The molecule has 0 aromatic carbocycles. The van der Waals surface area contributed by atoms with Gasteiger partial charge in [0.2, 0.25) is 0 Å². The molecule has 0 radical (unpaired) electrons. The van der Waals surface area contributed by atoms with Crippen molar-refractivity contribution in [2.75, 3.05) is 18.4 Å². The number of nitrogens with zero attached hydrogens (tertiary/aromatic N) is 5. The SMILES string of the molecule is Cc1nc2c(cnn2C(C)C)cc1C(=O)Nc1nc(CN2CCC[C@H](C)C2)cs1. The first-order chi connectivity index (χ1) is 13.9. The summed E-state index contributed by atoms with van der Waals surface area (Å²) < 4.78 is 1.87. The summed E-state index contributed by atoms with van der Waals surface area (Å²) in [6.07, 6.45) is 4.32. The van der Waals surface area contributed by atoms with Crippen LogP contribution in [0.3, 0.4) is 0 Å². The van der Waals surface area contributed by atoms with Crippen LogP contribution < -0.4 is 5.32 Å². The summed E-state index contributed by atoms with van der Waals surface area (Å²) >= 11 is 1.47. The van der Waals surface area contributed by atoms with Gasteiger partial charge in [-0.25, -0.2) is 14.6 Å². The molecular weight excluding hydrogens is 384 g/mol. The number of aryl methyl sites for hydroxylation is 1. The topological polar surface area (TPSA) is 75.9 Å². The second-order valence-corrected chi connectivity index (χ2v) is 9.16. The van der Waals surface area contributed by atoms with Gasteiger partial charge in [-0.1, -0.05) is 6.92 Å². The third-order valence-electron chi connectivity index (χ3n) is 5.39. The van der Waals surface area contributed by atoms with Crippen molar-refractivity contribution < 1.29 is 4.79 Å². The zero-order chi connectivity index (χ0) is 20.5. The molecule has 0 unspecified atom stereocenters. The Morgan fingerprint density at radius 3 is 2.97 bits per heavy atom. The molecule has 4 rings (SSSR count). The minimum absolute atomic E-state index is 0.179. The molecule has 3 aromatic rings. The number of thiazole rings is 1. The molecular formula is C21H28N6OS. The van der Waals surface area contributed by atoms with Gasteiger partial charge in [0.15, 0.2) is 10.8 Å². The van der Waals surface area contributed by atoms with Crippen molar-refractivity contribution in [3.63, 3.8) is 0 Å². The number of anilines is 1. The minimum atomic E-state index is -0.179. The third-order valence-corrected chi connectivity index (χ3v) is 6.20. The lowest BCUT2D eigenvalue weighted by molar-refractivity contribution is 0.102. The number of amides is 1. The summed E-state index contributed by atoms with van der Waals surface area (Å²) in [6.45, 7) is 11.4. The van der Waals surface area contributed by atoms with Gasteiger partial charge >= 0.3 is 0 Å². The van der Waals surface area contributed by atoms with Crippen molar-refractivity contribution in [3.8, 4) is 0 Å². The molecule has 29 heavy (non-hydrogen) atoms. The Balaban J connectivity index is 1.47. The van der Waals surface area contributed by atoms with Gasteiger partial charge in [-0.15, -0.1) is 11.3 Å². The number of pyridine rings is 1. The van der Waals surface area contributed by atoms with E-state index in [1.165, 1.54) is 24.2 Å². The lowest BCUT2D eigenvalue weighted by Gasteiger charge is -2.30. The fourth-order valence-electron chi connectivity index (χ4n) is 3.93. The van der Waals surface area contributed by atoms with Crippen molar-refractivity contribution in [1.29, 1.82) is 0 Å². The highest BCUT2D eigenvalue weighted by molar-refractivity contribution is 7.14. The maximum Gasteiger partial charge on any atom is 0.259 e. The van der Waals surface area contributed by atoms with Gasteiger partial charge in [0.25, 0.3) is 5.91 Å². The zero-order valence-corrected chi connectivity index (χ0v) is 18.3. The van der Waals surface area contributed by atoms with Crippen molar-refractivity contribution in [1.82, 2.24) is 24.6 Å². The van der Waals surface area contributed by atoms with Gasteiger partial charge in [-0.3, -0.25) is 15.0 Å². The molecule has 1 atom stereocenters. The Morgan fingerprint density at radius 1 is 1.38 bits per heavy atom. The smallest absolute Gasteiger partial charge is 0.259 e. The maximum absolute atomic E-state index is 12.8. The second-order valence-electron chi connectivity index (χ2n) is 8.30. The summed E-state index contributed by atoms with van der Waals surface area (Å²) in [5.41, 5.74) is 3.07. The van der Waals surface area contributed by atoms with Gasteiger partial charge in [0.1, 0.15) is 0 Å². The number of hydrogen-bond donors (Lipinski definition) is 1. The first kappa shape index (κ1) is 20.0. The van der Waals surface area contributed by atoms with E-state index in [-0.39, 0.29) is 11.9 Å². The summed E-state index contributed by atoms with van der Waals surface area (Å²) in [5, 5.41) is 10.9. The summed E-state index contributed by atoms with van der Waals surface area (Å²) in [7, 11) is 0. The van der Waals surface area contributed by atoms with Crippen LogP contribution in [-0.2, 0) is 6.54 Å². The Hall–Kier alpha value is -2.32. The predicted octanol–water partition coefficient (Wildman–Crippen LogP) is 4.26. The number of piperidine rings is 1. The summed E-state index contributed by atoms with van der Waals surface area (Å²) in [6, 6.07) is 2.08. The molecule has 0 aliphatic carbocycles. The lowest BCUT2D eigenvalue weighted by atomic mass is 10.0. The number of fused-ring (bicyclic) bond motifs is 1. The van der Waals surface area contributed by atoms with Crippen LogP contribution in [0.4, 0.5) is 5.13 Å². The van der Waals surface area contributed by atoms with Gasteiger partial charge in [-0.2, -0.15) is 5.10 Å². The average Bonchev–Trinajstić information content (AvgIpc) is 3.27. The predicted molar refractivity (Wildman–Crippen MR) is 116 cm³/mol. The number of aromatic nitrogens is 4. The number of carbonyl (C=O) groups excluding carboxylic acids is 1. The first-order valence-corrected chi connectivity index (χ1v) is 11.1. The Morgan fingerprint density at radius 2 is 2.21 bits per heavy atom. The quantitative estimate of drug-likeness (QED) is 0.678. The van der Waals surface area contributed by atoms with Crippen LogP contribution in [0.25, 0.3) is 11.0 Å². The van der Waals surface area contributed by atoms with Crippen LogP contribution in [0, 0.1) is 12.8 Å². The lowest BCUT2D eigenvalue weighted by Crippen LogP contribution is -2.33. The van der Waals surface area contributed by atoms with E-state index in [4.69, 9.17) is 0 Å². The number of nitrogens with one attached hydrogen (secondary N) is 1. The van der Waals surface area contributed by atoms with Crippen molar-refractivity contribution >= 4 is 33.4 Å². The van der Waals surface area contributed by atoms with E-state index >= 15 is 0 Å². The van der Waals surface area contributed by atoms with Crippen molar-refractivity contribution in [2.24, 2.45) is 5.92 Å². The molecule has 1 amide bonds. The van der Waals surface area contributed by atoms with Crippen LogP contribution in [0.1, 0.15) is 61.4 Å². The molecule has 0 bridgehead atoms. The molecule has 1 aliphatic heterocycles. The second kappa shape index (κ2) is 8.20. The van der Waals surface area contributed by atoms with E-state index in [0.29, 0.717) is 16.4 Å². The van der Waals surface area contributed by atoms with Gasteiger partial charge in [0.05, 0.1) is 23.1 Å². The fourth-order valence-corrected chi connectivity index (χ4v) is 4.63. The molecule has 0 saturated carbocycles. The molecule has 1 N–H and O–H groups in total. The summed E-state index contributed by atoms with van der Waals surface area (Å²) in [5.74, 6) is 0.564. The number of likely N-dealkylation sites (tertiary alicyclic amines) is 1. The van der Waals surface area contributed by atoms with Gasteiger partial charge < -0.3 is 0 Å². The molecule has 1 saturated heterocycles. The number of carbonyl (C=O) groups is 1. The normalized spacial score (nSPS) is 17.9. The van der Waals surface area contributed by atoms with Crippen molar-refractivity contribution in [2.45, 2.75) is 53.1 Å². The molecule has 3 aromatic heterocycles. The Labute approximate surface area is 175 Å². The molecule has 1 aliphatic rings. The van der Waals surface area contributed by atoms with Crippen LogP contribution >= 0.6 is 11.3 Å². The molecule has 8 heteroatoms. The fraction of sp³-hybridized carbons (Fsp3) is 0.524. The zero-order valence-electron chi connectivity index (χ0n) is 17.5. The number of rotatable bonds is 5. The van der Waals surface area contributed by atoms with Crippen LogP contribution in [0.2, 0.25) is 0 Å².